The second kappa shape index (κ2) is 3.86. The topological polar surface area (TPSA) is 27.7 Å². The Labute approximate surface area is 98.3 Å². The van der Waals surface area contributed by atoms with Gasteiger partial charge in [-0.1, -0.05) is 13.0 Å². The third-order valence-electron chi connectivity index (χ3n) is 3.90. The average molecular weight is 224 g/mol. The molecular formula is C12H21BO3. The number of hydrogen-bond acceptors (Lipinski definition) is 3. The predicted molar refractivity (Wildman–Crippen MR) is 64.1 cm³/mol. The van der Waals surface area contributed by atoms with Crippen LogP contribution in [0, 0.1) is 5.92 Å². The van der Waals surface area contributed by atoms with Crippen molar-refractivity contribution in [1.29, 1.82) is 0 Å². The van der Waals surface area contributed by atoms with E-state index in [1.807, 2.05) is 0 Å². The second-order valence-electron chi connectivity index (χ2n) is 5.73. The summed E-state index contributed by atoms with van der Waals surface area (Å²) in [5, 5.41) is 0. The Morgan fingerprint density at radius 3 is 2.25 bits per heavy atom. The summed E-state index contributed by atoms with van der Waals surface area (Å²) < 4.78 is 17.4. The Kier molecular flexibility index (Phi) is 2.93. The molecule has 1 atom stereocenters. The smallest absolute Gasteiger partial charge is 0.400 e. The van der Waals surface area contributed by atoms with Crippen LogP contribution in [0.5, 0.6) is 0 Å². The van der Waals surface area contributed by atoms with E-state index in [2.05, 4.69) is 40.7 Å². The maximum absolute atomic E-state index is 6.03. The van der Waals surface area contributed by atoms with Crippen molar-refractivity contribution in [2.75, 3.05) is 13.2 Å². The highest BCUT2D eigenvalue weighted by molar-refractivity contribution is 6.54. The molecule has 0 saturated carbocycles. The van der Waals surface area contributed by atoms with Gasteiger partial charge in [0.1, 0.15) is 0 Å². The molecular weight excluding hydrogens is 203 g/mol. The van der Waals surface area contributed by atoms with Gasteiger partial charge >= 0.3 is 7.12 Å². The fourth-order valence-corrected chi connectivity index (χ4v) is 2.01. The first-order chi connectivity index (χ1) is 7.33. The lowest BCUT2D eigenvalue weighted by atomic mass is 9.71. The van der Waals surface area contributed by atoms with Gasteiger partial charge in [-0.25, -0.2) is 0 Å². The van der Waals surface area contributed by atoms with Crippen molar-refractivity contribution in [3.8, 4) is 0 Å². The Morgan fingerprint density at radius 2 is 1.75 bits per heavy atom. The lowest BCUT2D eigenvalue weighted by molar-refractivity contribution is 0.00578. The molecule has 0 spiro atoms. The summed E-state index contributed by atoms with van der Waals surface area (Å²) >= 11 is 0. The first-order valence-electron chi connectivity index (χ1n) is 5.97. The van der Waals surface area contributed by atoms with Crippen LogP contribution in [0.3, 0.4) is 0 Å². The van der Waals surface area contributed by atoms with E-state index in [4.69, 9.17) is 14.0 Å². The molecule has 1 fully saturated rings. The summed E-state index contributed by atoms with van der Waals surface area (Å²) in [5.41, 5.74) is 0.720. The summed E-state index contributed by atoms with van der Waals surface area (Å²) in [4.78, 5) is 0. The molecule has 0 radical (unpaired) electrons. The van der Waals surface area contributed by atoms with Gasteiger partial charge in [0.2, 0.25) is 0 Å². The van der Waals surface area contributed by atoms with Gasteiger partial charge in [0, 0.05) is 0 Å². The van der Waals surface area contributed by atoms with Crippen molar-refractivity contribution in [3.05, 3.63) is 11.5 Å². The maximum Gasteiger partial charge on any atom is 0.490 e. The first kappa shape index (κ1) is 12.2. The third-order valence-corrected chi connectivity index (χ3v) is 3.90. The fraction of sp³-hybridized carbons (Fsp3) is 0.833. The summed E-state index contributed by atoms with van der Waals surface area (Å²) in [6.07, 6.45) is 2.09. The molecule has 0 N–H and O–H groups in total. The van der Waals surface area contributed by atoms with Crippen LogP contribution in [0.1, 0.15) is 34.6 Å². The van der Waals surface area contributed by atoms with Gasteiger partial charge in [0.05, 0.1) is 24.4 Å². The number of ether oxygens (including phenoxy) is 1. The van der Waals surface area contributed by atoms with Gasteiger partial charge in [-0.3, -0.25) is 0 Å². The van der Waals surface area contributed by atoms with Crippen molar-refractivity contribution in [3.63, 3.8) is 0 Å². The molecule has 4 heteroatoms. The summed E-state index contributed by atoms with van der Waals surface area (Å²) in [6, 6.07) is 0. The quantitative estimate of drug-likeness (QED) is 0.639. The molecule has 2 aliphatic heterocycles. The molecule has 0 bridgehead atoms. The Bertz CT molecular complexity index is 293. The van der Waals surface area contributed by atoms with Gasteiger partial charge in [-0.15, -0.1) is 0 Å². The molecule has 3 nitrogen and oxygen atoms in total. The highest BCUT2D eigenvalue weighted by atomic mass is 16.7. The van der Waals surface area contributed by atoms with Gasteiger partial charge in [0.15, 0.2) is 0 Å². The van der Waals surface area contributed by atoms with Crippen LogP contribution in [-0.2, 0) is 14.0 Å². The molecule has 0 aromatic rings. The molecule has 0 aromatic carbocycles. The zero-order valence-corrected chi connectivity index (χ0v) is 10.9. The lowest BCUT2D eigenvalue weighted by Crippen LogP contribution is -2.41. The van der Waals surface area contributed by atoms with Crippen LogP contribution in [0.15, 0.2) is 11.5 Å². The van der Waals surface area contributed by atoms with Crippen molar-refractivity contribution in [2.24, 2.45) is 5.92 Å². The summed E-state index contributed by atoms with van der Waals surface area (Å²) in [7, 11) is -0.205. The van der Waals surface area contributed by atoms with E-state index in [1.165, 1.54) is 5.47 Å². The molecule has 2 rings (SSSR count). The average Bonchev–Trinajstić information content (AvgIpc) is 2.36. The number of hydrogen-bond donors (Lipinski definition) is 0. The molecule has 2 aliphatic rings. The molecule has 90 valence electrons. The van der Waals surface area contributed by atoms with E-state index in [1.54, 1.807) is 0 Å². The van der Waals surface area contributed by atoms with Crippen molar-refractivity contribution in [1.82, 2.24) is 0 Å². The largest absolute Gasteiger partial charge is 0.490 e. The van der Waals surface area contributed by atoms with Crippen LogP contribution in [-0.4, -0.2) is 31.5 Å². The van der Waals surface area contributed by atoms with E-state index in [9.17, 15) is 0 Å². The monoisotopic (exact) mass is 224 g/mol. The number of rotatable bonds is 1. The third kappa shape index (κ3) is 1.94. The molecule has 0 amide bonds. The van der Waals surface area contributed by atoms with Crippen molar-refractivity contribution in [2.45, 2.75) is 45.8 Å². The minimum Gasteiger partial charge on any atom is -0.400 e. The van der Waals surface area contributed by atoms with Gasteiger partial charge in [-0.2, -0.15) is 0 Å². The summed E-state index contributed by atoms with van der Waals surface area (Å²) in [6.45, 7) is 11.9. The van der Waals surface area contributed by atoms with Gasteiger partial charge in [-0.05, 0) is 39.1 Å². The van der Waals surface area contributed by atoms with Crippen LogP contribution in [0.4, 0.5) is 0 Å². The van der Waals surface area contributed by atoms with Crippen molar-refractivity contribution < 1.29 is 14.0 Å². The van der Waals surface area contributed by atoms with E-state index in [0.717, 1.165) is 6.61 Å². The van der Waals surface area contributed by atoms with Gasteiger partial charge in [0.25, 0.3) is 0 Å². The lowest BCUT2D eigenvalue weighted by Gasteiger charge is -2.32. The highest BCUT2D eigenvalue weighted by Crippen LogP contribution is 2.40. The highest BCUT2D eigenvalue weighted by Gasteiger charge is 2.53. The van der Waals surface area contributed by atoms with Gasteiger partial charge < -0.3 is 14.0 Å². The van der Waals surface area contributed by atoms with E-state index in [-0.39, 0.29) is 18.3 Å². The Balaban J connectivity index is 2.17. The van der Waals surface area contributed by atoms with E-state index < -0.39 is 0 Å². The minimum atomic E-state index is -0.253. The second-order valence-corrected chi connectivity index (χ2v) is 5.73. The molecule has 1 saturated heterocycles. The molecule has 2 heterocycles. The minimum absolute atomic E-state index is 0.205. The SMILES string of the molecule is CC1COCC=C1B1OC(C)(C)C(C)(C)O1. The van der Waals surface area contributed by atoms with Crippen LogP contribution < -0.4 is 0 Å². The van der Waals surface area contributed by atoms with Crippen LogP contribution >= 0.6 is 0 Å². The zero-order valence-electron chi connectivity index (χ0n) is 10.9. The van der Waals surface area contributed by atoms with Crippen molar-refractivity contribution >= 4 is 7.12 Å². The molecule has 0 aromatic heterocycles. The maximum atomic E-state index is 6.03. The predicted octanol–water partition coefficient (Wildman–Crippen LogP) is 2.21. The normalized spacial score (nSPS) is 32.7. The van der Waals surface area contributed by atoms with Crippen LogP contribution in [0.25, 0.3) is 0 Å². The molecule has 1 unspecified atom stereocenters. The fourth-order valence-electron chi connectivity index (χ4n) is 2.01. The van der Waals surface area contributed by atoms with E-state index in [0.29, 0.717) is 12.5 Å². The van der Waals surface area contributed by atoms with E-state index >= 15 is 0 Å². The molecule has 0 aliphatic carbocycles. The first-order valence-corrected chi connectivity index (χ1v) is 5.97. The Morgan fingerprint density at radius 1 is 1.19 bits per heavy atom. The van der Waals surface area contributed by atoms with Crippen LogP contribution in [0.2, 0.25) is 0 Å². The summed E-state index contributed by atoms with van der Waals surface area (Å²) in [5.74, 6) is 0.378. The zero-order chi connectivity index (χ0) is 12.0. The Hall–Kier alpha value is -0.315. The molecule has 16 heavy (non-hydrogen) atoms. The standard InChI is InChI=1S/C12H21BO3/c1-9-8-14-7-6-10(9)13-15-11(2,3)12(4,5)16-13/h6,9H,7-8H2,1-5H3.